The van der Waals surface area contributed by atoms with Crippen molar-refractivity contribution < 1.29 is 14.6 Å². The summed E-state index contributed by atoms with van der Waals surface area (Å²) in [6.07, 6.45) is 5.57. The van der Waals surface area contributed by atoms with Crippen LogP contribution in [0.1, 0.15) is 54.9 Å². The Bertz CT molecular complexity index is 933. The molecule has 0 atom stereocenters. The molecule has 2 aromatic rings. The molecule has 33 heavy (non-hydrogen) atoms. The summed E-state index contributed by atoms with van der Waals surface area (Å²) in [7, 11) is 0. The lowest BCUT2D eigenvalue weighted by atomic mass is 10.1. The average Bonchev–Trinajstić information content (AvgIpc) is 2.81. The summed E-state index contributed by atoms with van der Waals surface area (Å²) in [6, 6.07) is 8.74. The van der Waals surface area contributed by atoms with Gasteiger partial charge >= 0.3 is 0 Å². The lowest BCUT2D eigenvalue weighted by Crippen LogP contribution is -2.37. The van der Waals surface area contributed by atoms with E-state index in [1.54, 1.807) is 24.3 Å². The second-order valence-electron chi connectivity index (χ2n) is 7.97. The van der Waals surface area contributed by atoms with Gasteiger partial charge in [-0.3, -0.25) is 14.5 Å². The molecule has 1 aliphatic rings. The number of thioether (sulfide) groups is 1. The second-order valence-corrected chi connectivity index (χ2v) is 9.04. The van der Waals surface area contributed by atoms with Crippen molar-refractivity contribution in [2.45, 2.75) is 50.6 Å². The van der Waals surface area contributed by atoms with Crippen molar-refractivity contribution in [1.29, 1.82) is 0 Å². The van der Waals surface area contributed by atoms with E-state index in [-0.39, 0.29) is 29.0 Å². The number of aromatic hydroxyl groups is 1. The number of hydrogen-bond donors (Lipinski definition) is 1. The predicted molar refractivity (Wildman–Crippen MR) is 134 cm³/mol. The molecule has 7 nitrogen and oxygen atoms in total. The molecule has 1 aromatic carbocycles. The molecule has 1 aliphatic heterocycles. The van der Waals surface area contributed by atoms with Crippen LogP contribution in [0, 0.1) is 0 Å². The molecule has 0 bridgehead atoms. The van der Waals surface area contributed by atoms with Gasteiger partial charge in [-0.05, 0) is 25.0 Å². The maximum Gasteiger partial charge on any atom is 0.268 e. The van der Waals surface area contributed by atoms with Gasteiger partial charge in [0.1, 0.15) is 0 Å². The third kappa shape index (κ3) is 7.84. The Hall–Kier alpha value is -1.87. The molecule has 3 rings (SSSR count). The number of carbonyl (C=O) groups is 1. The maximum absolute atomic E-state index is 13.3. The fourth-order valence-corrected chi connectivity index (χ4v) is 4.70. The number of halogens is 1. The zero-order valence-corrected chi connectivity index (χ0v) is 20.8. The number of unbranched alkanes of at least 4 members (excludes halogenated alkanes) is 4. The molecule has 2 heterocycles. The third-order valence-corrected chi connectivity index (χ3v) is 6.54. The Morgan fingerprint density at radius 1 is 1.12 bits per heavy atom. The van der Waals surface area contributed by atoms with Gasteiger partial charge in [0.15, 0.2) is 5.16 Å². The molecule has 1 fully saturated rings. The molecule has 9 heteroatoms. The molecule has 0 amide bonds. The molecular formula is C24H34ClN3O4S. The molecule has 0 unspecified atom stereocenters. The summed E-state index contributed by atoms with van der Waals surface area (Å²) in [5.74, 6) is -0.00898. The van der Waals surface area contributed by atoms with Gasteiger partial charge in [0.05, 0.1) is 18.8 Å². The fraction of sp³-hybridized carbons (Fsp3) is 0.542. The second kappa shape index (κ2) is 14.4. The van der Waals surface area contributed by atoms with E-state index >= 15 is 0 Å². The largest absolute Gasteiger partial charge is 0.493 e. The molecular weight excluding hydrogens is 462 g/mol. The highest BCUT2D eigenvalue weighted by atomic mass is 35.5. The standard InChI is InChI=1S/C24H33N3O4S.ClH/c1-2-3-4-5-9-12-20-21(28)25-24(32-18-15-26-13-16-31-17-14-26)27(23(20)30)22(29)19-10-7-6-8-11-19;/h6-8,10-11,28H,2-5,9,12-18H2,1H3;1H. The van der Waals surface area contributed by atoms with E-state index in [0.717, 1.165) is 56.3 Å². The minimum atomic E-state index is -0.462. The average molecular weight is 496 g/mol. The third-order valence-electron chi connectivity index (χ3n) is 5.62. The topological polar surface area (TPSA) is 84.7 Å². The normalized spacial score (nSPS) is 14.1. The van der Waals surface area contributed by atoms with Gasteiger partial charge in [-0.15, -0.1) is 12.4 Å². The Morgan fingerprint density at radius 2 is 1.82 bits per heavy atom. The summed E-state index contributed by atoms with van der Waals surface area (Å²) in [5, 5.41) is 10.8. The van der Waals surface area contributed by atoms with Gasteiger partial charge in [0.2, 0.25) is 5.88 Å². The first kappa shape index (κ1) is 27.4. The van der Waals surface area contributed by atoms with E-state index in [9.17, 15) is 14.7 Å². The highest BCUT2D eigenvalue weighted by molar-refractivity contribution is 7.99. The van der Waals surface area contributed by atoms with E-state index in [1.165, 1.54) is 11.8 Å². The van der Waals surface area contributed by atoms with Crippen molar-refractivity contribution in [3.8, 4) is 5.88 Å². The number of carbonyl (C=O) groups excluding carboxylic acids is 1. The SMILES string of the molecule is CCCCCCCc1c(O)nc(SCCN2CCOCC2)n(C(=O)c2ccccc2)c1=O.Cl. The van der Waals surface area contributed by atoms with Crippen LogP contribution in [0.4, 0.5) is 0 Å². The Morgan fingerprint density at radius 3 is 2.52 bits per heavy atom. The van der Waals surface area contributed by atoms with Crippen LogP contribution in [0.25, 0.3) is 0 Å². The lowest BCUT2D eigenvalue weighted by Gasteiger charge is -2.26. The van der Waals surface area contributed by atoms with Crippen LogP contribution in [-0.4, -0.2) is 64.1 Å². The molecule has 0 saturated carbocycles. The highest BCUT2D eigenvalue weighted by Gasteiger charge is 2.22. The number of nitrogens with zero attached hydrogens (tertiary/aromatic N) is 3. The summed E-state index contributed by atoms with van der Waals surface area (Å²) in [5.41, 5.74) is 0.185. The summed E-state index contributed by atoms with van der Waals surface area (Å²) in [6.45, 7) is 6.11. The molecule has 1 N–H and O–H groups in total. The quantitative estimate of drug-likeness (QED) is 0.286. The van der Waals surface area contributed by atoms with Crippen LogP contribution in [0.3, 0.4) is 0 Å². The number of benzene rings is 1. The van der Waals surface area contributed by atoms with Crippen LogP contribution in [0.5, 0.6) is 5.88 Å². The van der Waals surface area contributed by atoms with Gasteiger partial charge in [-0.2, -0.15) is 4.98 Å². The zero-order valence-electron chi connectivity index (χ0n) is 19.2. The number of rotatable bonds is 11. The van der Waals surface area contributed by atoms with Crippen molar-refractivity contribution in [3.63, 3.8) is 0 Å². The van der Waals surface area contributed by atoms with Crippen LogP contribution in [-0.2, 0) is 11.2 Å². The van der Waals surface area contributed by atoms with Crippen molar-refractivity contribution in [1.82, 2.24) is 14.5 Å². The summed E-state index contributed by atoms with van der Waals surface area (Å²) < 4.78 is 6.52. The monoisotopic (exact) mass is 495 g/mol. The van der Waals surface area contributed by atoms with Gasteiger partial charge in [-0.1, -0.05) is 62.6 Å². The number of morpholine rings is 1. The van der Waals surface area contributed by atoms with Crippen LogP contribution in [0.15, 0.2) is 40.3 Å². The van der Waals surface area contributed by atoms with E-state index in [2.05, 4.69) is 16.8 Å². The predicted octanol–water partition coefficient (Wildman–Crippen LogP) is 4.00. The number of hydrogen-bond acceptors (Lipinski definition) is 7. The maximum atomic E-state index is 13.3. The molecule has 0 aliphatic carbocycles. The van der Waals surface area contributed by atoms with Gasteiger partial charge in [0.25, 0.3) is 11.5 Å². The smallest absolute Gasteiger partial charge is 0.268 e. The minimum Gasteiger partial charge on any atom is -0.493 e. The van der Waals surface area contributed by atoms with Crippen LogP contribution < -0.4 is 5.56 Å². The molecule has 0 spiro atoms. The van der Waals surface area contributed by atoms with E-state index in [4.69, 9.17) is 4.74 Å². The van der Waals surface area contributed by atoms with Gasteiger partial charge in [0, 0.05) is 31.0 Å². The van der Waals surface area contributed by atoms with Crippen molar-refractivity contribution in [2.75, 3.05) is 38.6 Å². The van der Waals surface area contributed by atoms with Crippen molar-refractivity contribution in [2.24, 2.45) is 0 Å². The molecule has 182 valence electrons. The first-order chi connectivity index (χ1) is 15.6. The number of ether oxygens (including phenoxy) is 1. The molecule has 1 saturated heterocycles. The van der Waals surface area contributed by atoms with Crippen LogP contribution >= 0.6 is 24.2 Å². The van der Waals surface area contributed by atoms with E-state index < -0.39 is 11.5 Å². The lowest BCUT2D eigenvalue weighted by molar-refractivity contribution is 0.0410. The molecule has 0 radical (unpaired) electrons. The zero-order chi connectivity index (χ0) is 22.8. The Kier molecular flexibility index (Phi) is 11.9. The fourth-order valence-electron chi connectivity index (χ4n) is 3.73. The summed E-state index contributed by atoms with van der Waals surface area (Å²) in [4.78, 5) is 33.1. The first-order valence-electron chi connectivity index (χ1n) is 11.5. The summed E-state index contributed by atoms with van der Waals surface area (Å²) >= 11 is 1.32. The van der Waals surface area contributed by atoms with Gasteiger partial charge in [-0.25, -0.2) is 4.57 Å². The van der Waals surface area contributed by atoms with Gasteiger partial charge < -0.3 is 9.84 Å². The first-order valence-corrected chi connectivity index (χ1v) is 12.5. The van der Waals surface area contributed by atoms with Crippen LogP contribution in [0.2, 0.25) is 0 Å². The van der Waals surface area contributed by atoms with Crippen molar-refractivity contribution >= 4 is 30.1 Å². The van der Waals surface area contributed by atoms with Crippen molar-refractivity contribution in [3.05, 3.63) is 51.8 Å². The Balaban J connectivity index is 0.00000385. The Labute approximate surface area is 206 Å². The molecule has 1 aromatic heterocycles. The van der Waals surface area contributed by atoms with E-state index in [1.807, 2.05) is 6.07 Å². The van der Waals surface area contributed by atoms with E-state index in [0.29, 0.717) is 31.0 Å². The minimum absolute atomic E-state index is 0. The number of aromatic nitrogens is 2. The highest BCUT2D eigenvalue weighted by Crippen LogP contribution is 2.22.